The Balaban J connectivity index is 2.06. The van der Waals surface area contributed by atoms with Crippen LogP contribution in [-0.2, 0) is 17.6 Å². The molecule has 2 aliphatic heterocycles. The van der Waals surface area contributed by atoms with Crippen molar-refractivity contribution in [2.45, 2.75) is 18.9 Å². The van der Waals surface area contributed by atoms with Crippen molar-refractivity contribution in [3.8, 4) is 5.75 Å². The average molecular weight is 219 g/mol. The number of nitrogens with one attached hydrogen (secondary N) is 1. The van der Waals surface area contributed by atoms with Crippen LogP contribution in [0.4, 0.5) is 0 Å². The van der Waals surface area contributed by atoms with E-state index in [1.54, 1.807) is 0 Å². The molecule has 0 saturated carbocycles. The Hall–Kier alpha value is -1.06. The molecule has 2 aliphatic rings. The first kappa shape index (κ1) is 10.1. The van der Waals surface area contributed by atoms with Crippen LogP contribution in [0.3, 0.4) is 0 Å². The molecule has 86 valence electrons. The molecule has 0 saturated heterocycles. The van der Waals surface area contributed by atoms with E-state index >= 15 is 0 Å². The van der Waals surface area contributed by atoms with E-state index in [1.807, 2.05) is 7.05 Å². The van der Waals surface area contributed by atoms with Gasteiger partial charge in [-0.05, 0) is 24.6 Å². The third-order valence-corrected chi connectivity index (χ3v) is 3.39. The maximum atomic E-state index is 5.83. The number of benzene rings is 1. The lowest BCUT2D eigenvalue weighted by Gasteiger charge is -2.27. The van der Waals surface area contributed by atoms with Crippen LogP contribution in [0.1, 0.15) is 22.8 Å². The van der Waals surface area contributed by atoms with Gasteiger partial charge in [0.05, 0.1) is 19.3 Å². The summed E-state index contributed by atoms with van der Waals surface area (Å²) in [6.07, 6.45) is 2.20. The molecule has 3 heteroatoms. The smallest absolute Gasteiger partial charge is 0.128 e. The summed E-state index contributed by atoms with van der Waals surface area (Å²) in [5.41, 5.74) is 4.02. The molecule has 0 fully saturated rings. The lowest BCUT2D eigenvalue weighted by molar-refractivity contribution is 0.0419. The van der Waals surface area contributed by atoms with E-state index in [1.165, 1.54) is 16.7 Å². The predicted molar refractivity (Wildman–Crippen MR) is 62.0 cm³/mol. The summed E-state index contributed by atoms with van der Waals surface area (Å²) in [7, 11) is 1.96. The Morgan fingerprint density at radius 1 is 1.25 bits per heavy atom. The topological polar surface area (TPSA) is 30.5 Å². The van der Waals surface area contributed by atoms with Crippen LogP contribution in [0.2, 0.25) is 0 Å². The van der Waals surface area contributed by atoms with E-state index in [0.717, 1.165) is 38.3 Å². The molecule has 3 rings (SSSR count). The first-order valence-corrected chi connectivity index (χ1v) is 5.94. The van der Waals surface area contributed by atoms with Crippen molar-refractivity contribution >= 4 is 0 Å². The van der Waals surface area contributed by atoms with Gasteiger partial charge in [0.2, 0.25) is 0 Å². The summed E-state index contributed by atoms with van der Waals surface area (Å²) in [6, 6.07) is 4.46. The summed E-state index contributed by atoms with van der Waals surface area (Å²) in [6.45, 7) is 2.49. The molecule has 2 heterocycles. The Bertz CT molecular complexity index is 403. The van der Waals surface area contributed by atoms with Crippen molar-refractivity contribution in [1.29, 1.82) is 0 Å². The van der Waals surface area contributed by atoms with Gasteiger partial charge in [0.15, 0.2) is 0 Å². The van der Waals surface area contributed by atoms with Gasteiger partial charge in [0.1, 0.15) is 5.75 Å². The maximum Gasteiger partial charge on any atom is 0.128 e. The van der Waals surface area contributed by atoms with Gasteiger partial charge < -0.3 is 14.8 Å². The molecule has 0 radical (unpaired) electrons. The Labute approximate surface area is 95.8 Å². The number of hydrogen-bond acceptors (Lipinski definition) is 3. The highest BCUT2D eigenvalue weighted by atomic mass is 16.5. The highest BCUT2D eigenvalue weighted by Gasteiger charge is 2.28. The average Bonchev–Trinajstić information content (AvgIpc) is 2.77. The summed E-state index contributed by atoms with van der Waals surface area (Å²) in [4.78, 5) is 0. The number of fused-ring (bicyclic) bond motifs is 3. The minimum absolute atomic E-state index is 0.154. The zero-order chi connectivity index (χ0) is 11.0. The SMILES string of the molecule is CNC[C@@H]1OCCc2ccc3c(c21)OCC3. The quantitative estimate of drug-likeness (QED) is 0.816. The molecular formula is C13H17NO2. The second-order valence-corrected chi connectivity index (χ2v) is 4.39. The van der Waals surface area contributed by atoms with Gasteiger partial charge in [-0.25, -0.2) is 0 Å². The van der Waals surface area contributed by atoms with Crippen LogP contribution < -0.4 is 10.1 Å². The number of ether oxygens (including phenoxy) is 2. The summed E-state index contributed by atoms with van der Waals surface area (Å²) >= 11 is 0. The molecule has 0 spiro atoms. The van der Waals surface area contributed by atoms with Gasteiger partial charge in [-0.1, -0.05) is 12.1 Å². The number of likely N-dealkylation sites (N-methyl/N-ethyl adjacent to an activating group) is 1. The van der Waals surface area contributed by atoms with Gasteiger partial charge in [0.25, 0.3) is 0 Å². The third-order valence-electron chi connectivity index (χ3n) is 3.39. The lowest BCUT2D eigenvalue weighted by atomic mass is 9.93. The monoisotopic (exact) mass is 219 g/mol. The first-order valence-electron chi connectivity index (χ1n) is 5.94. The summed E-state index contributed by atoms with van der Waals surface area (Å²) < 4.78 is 11.6. The van der Waals surface area contributed by atoms with Crippen LogP contribution in [0.5, 0.6) is 5.75 Å². The zero-order valence-corrected chi connectivity index (χ0v) is 9.58. The molecule has 0 amide bonds. The lowest BCUT2D eigenvalue weighted by Crippen LogP contribution is -2.25. The first-order chi connectivity index (χ1) is 7.90. The van der Waals surface area contributed by atoms with Crippen LogP contribution in [0, 0.1) is 0 Å². The van der Waals surface area contributed by atoms with Crippen LogP contribution >= 0.6 is 0 Å². The van der Waals surface area contributed by atoms with Gasteiger partial charge in [0, 0.05) is 18.5 Å². The van der Waals surface area contributed by atoms with Crippen LogP contribution in [-0.4, -0.2) is 26.8 Å². The highest BCUT2D eigenvalue weighted by molar-refractivity contribution is 5.50. The van der Waals surface area contributed by atoms with Crippen LogP contribution in [0.15, 0.2) is 12.1 Å². The van der Waals surface area contributed by atoms with E-state index in [0.29, 0.717) is 0 Å². The van der Waals surface area contributed by atoms with E-state index in [-0.39, 0.29) is 6.10 Å². The fraction of sp³-hybridized carbons (Fsp3) is 0.538. The summed E-state index contributed by atoms with van der Waals surface area (Å²) in [5.74, 6) is 1.09. The molecule has 0 bridgehead atoms. The Kier molecular flexibility index (Phi) is 2.58. The van der Waals surface area contributed by atoms with Gasteiger partial charge in [-0.2, -0.15) is 0 Å². The fourth-order valence-electron chi connectivity index (χ4n) is 2.63. The van der Waals surface area contributed by atoms with Gasteiger partial charge in [-0.15, -0.1) is 0 Å². The Morgan fingerprint density at radius 2 is 2.06 bits per heavy atom. The largest absolute Gasteiger partial charge is 0.493 e. The van der Waals surface area contributed by atoms with E-state index in [4.69, 9.17) is 9.47 Å². The van der Waals surface area contributed by atoms with Gasteiger partial charge >= 0.3 is 0 Å². The molecule has 1 N–H and O–H groups in total. The molecule has 1 atom stereocenters. The molecule has 0 unspecified atom stereocenters. The number of hydrogen-bond donors (Lipinski definition) is 1. The van der Waals surface area contributed by atoms with Crippen molar-refractivity contribution in [2.75, 3.05) is 26.8 Å². The Morgan fingerprint density at radius 3 is 2.94 bits per heavy atom. The molecule has 1 aromatic rings. The van der Waals surface area contributed by atoms with E-state index < -0.39 is 0 Å². The van der Waals surface area contributed by atoms with Crippen molar-refractivity contribution in [1.82, 2.24) is 5.32 Å². The fourth-order valence-corrected chi connectivity index (χ4v) is 2.63. The molecular weight excluding hydrogens is 202 g/mol. The normalized spacial score (nSPS) is 22.4. The molecule has 0 aromatic heterocycles. The van der Waals surface area contributed by atoms with Crippen molar-refractivity contribution in [3.63, 3.8) is 0 Å². The summed E-state index contributed by atoms with van der Waals surface area (Å²) in [5, 5.41) is 3.19. The minimum Gasteiger partial charge on any atom is -0.493 e. The van der Waals surface area contributed by atoms with Gasteiger partial charge in [-0.3, -0.25) is 0 Å². The van der Waals surface area contributed by atoms with E-state index in [2.05, 4.69) is 17.4 Å². The molecule has 0 aliphatic carbocycles. The second-order valence-electron chi connectivity index (χ2n) is 4.39. The molecule has 1 aromatic carbocycles. The molecule has 16 heavy (non-hydrogen) atoms. The highest BCUT2D eigenvalue weighted by Crippen LogP contribution is 2.39. The van der Waals surface area contributed by atoms with Crippen molar-refractivity contribution in [3.05, 3.63) is 28.8 Å². The second kappa shape index (κ2) is 4.07. The maximum absolute atomic E-state index is 5.83. The van der Waals surface area contributed by atoms with Crippen molar-refractivity contribution in [2.24, 2.45) is 0 Å². The van der Waals surface area contributed by atoms with Crippen molar-refractivity contribution < 1.29 is 9.47 Å². The predicted octanol–water partition coefficient (Wildman–Crippen LogP) is 1.45. The standard InChI is InChI=1S/C13H17NO2/c1-14-8-11-12-9(4-6-15-11)2-3-10-5-7-16-13(10)12/h2-3,11,14H,4-8H2,1H3/t11-/m0/s1. The number of rotatable bonds is 2. The van der Waals surface area contributed by atoms with E-state index in [9.17, 15) is 0 Å². The third kappa shape index (κ3) is 1.51. The zero-order valence-electron chi connectivity index (χ0n) is 9.58. The minimum atomic E-state index is 0.154. The van der Waals surface area contributed by atoms with Crippen LogP contribution in [0.25, 0.3) is 0 Å². The molecule has 3 nitrogen and oxygen atoms in total.